The third kappa shape index (κ3) is 2.14. The predicted octanol–water partition coefficient (Wildman–Crippen LogP) is 1.87. The second kappa shape index (κ2) is 5.26. The number of fused-ring (bicyclic) bond motifs is 2. The standard InChI is InChI=1S/C16H19FN2O3/c1-19-12-8-10(22-9-13(18)20)7-11(17)14(12)16(15(19)21)5-3-2-4-6-16/h7-8H,2-6,9H2,1H3,(H2,18,20). The largest absolute Gasteiger partial charge is 0.484 e. The third-order valence-electron chi connectivity index (χ3n) is 4.69. The summed E-state index contributed by atoms with van der Waals surface area (Å²) < 4.78 is 19.9. The van der Waals surface area contributed by atoms with E-state index in [4.69, 9.17) is 10.5 Å². The van der Waals surface area contributed by atoms with Gasteiger partial charge in [-0.3, -0.25) is 9.59 Å². The number of amides is 2. The molecule has 3 rings (SSSR count). The number of nitrogens with two attached hydrogens (primary N) is 1. The van der Waals surface area contributed by atoms with Crippen molar-refractivity contribution in [1.29, 1.82) is 0 Å². The lowest BCUT2D eigenvalue weighted by molar-refractivity contribution is -0.124. The normalized spacial score (nSPS) is 19.4. The van der Waals surface area contributed by atoms with Gasteiger partial charge < -0.3 is 15.4 Å². The van der Waals surface area contributed by atoms with E-state index in [1.807, 2.05) is 0 Å². The Morgan fingerprint density at radius 2 is 2.05 bits per heavy atom. The predicted molar refractivity (Wildman–Crippen MR) is 79.3 cm³/mol. The maximum Gasteiger partial charge on any atom is 0.255 e. The van der Waals surface area contributed by atoms with E-state index < -0.39 is 17.1 Å². The molecule has 0 bridgehead atoms. The molecule has 1 fully saturated rings. The van der Waals surface area contributed by atoms with Crippen molar-refractivity contribution >= 4 is 17.5 Å². The van der Waals surface area contributed by atoms with E-state index in [0.717, 1.165) is 19.3 Å². The number of carbonyl (C=O) groups is 2. The zero-order chi connectivity index (χ0) is 15.9. The van der Waals surface area contributed by atoms with Gasteiger partial charge in [0.2, 0.25) is 5.91 Å². The van der Waals surface area contributed by atoms with Gasteiger partial charge in [0.1, 0.15) is 11.6 Å². The monoisotopic (exact) mass is 306 g/mol. The second-order valence-electron chi connectivity index (χ2n) is 6.06. The molecule has 2 aliphatic rings. The van der Waals surface area contributed by atoms with Gasteiger partial charge in [0.05, 0.1) is 11.1 Å². The van der Waals surface area contributed by atoms with Gasteiger partial charge in [-0.15, -0.1) is 0 Å². The van der Waals surface area contributed by atoms with Crippen LogP contribution < -0.4 is 15.4 Å². The number of benzene rings is 1. The van der Waals surface area contributed by atoms with Crippen LogP contribution in [0.15, 0.2) is 12.1 Å². The smallest absolute Gasteiger partial charge is 0.255 e. The maximum absolute atomic E-state index is 14.7. The average molecular weight is 306 g/mol. The summed E-state index contributed by atoms with van der Waals surface area (Å²) in [4.78, 5) is 25.0. The summed E-state index contributed by atoms with van der Waals surface area (Å²) in [6.45, 7) is -0.318. The molecule has 0 unspecified atom stereocenters. The van der Waals surface area contributed by atoms with E-state index in [2.05, 4.69) is 0 Å². The molecule has 5 nitrogen and oxygen atoms in total. The van der Waals surface area contributed by atoms with Crippen molar-refractivity contribution in [2.75, 3.05) is 18.6 Å². The minimum Gasteiger partial charge on any atom is -0.484 e. The molecule has 1 aromatic carbocycles. The number of hydrogen-bond donors (Lipinski definition) is 1. The molecule has 2 N–H and O–H groups in total. The number of rotatable bonds is 3. The molecule has 1 aliphatic carbocycles. The Bertz CT molecular complexity index is 639. The fourth-order valence-electron chi connectivity index (χ4n) is 3.70. The zero-order valence-electron chi connectivity index (χ0n) is 12.5. The number of likely N-dealkylation sites (N-methyl/N-ethyl adjacent to an activating group) is 1. The quantitative estimate of drug-likeness (QED) is 0.926. The summed E-state index contributed by atoms with van der Waals surface area (Å²) in [5.74, 6) is -0.915. The van der Waals surface area contributed by atoms with Crippen LogP contribution in [0.2, 0.25) is 0 Å². The van der Waals surface area contributed by atoms with Gasteiger partial charge in [-0.1, -0.05) is 19.3 Å². The SMILES string of the molecule is CN1C(=O)C2(CCCCC2)c2c(F)cc(OCC(N)=O)cc21. The number of nitrogens with zero attached hydrogens (tertiary/aromatic N) is 1. The highest BCUT2D eigenvalue weighted by Gasteiger charge is 2.51. The Morgan fingerprint density at radius 1 is 1.36 bits per heavy atom. The first-order chi connectivity index (χ1) is 10.5. The fourth-order valence-corrected chi connectivity index (χ4v) is 3.70. The van der Waals surface area contributed by atoms with Crippen LogP contribution in [0.1, 0.15) is 37.7 Å². The van der Waals surface area contributed by atoms with Crippen molar-refractivity contribution in [1.82, 2.24) is 0 Å². The molecule has 6 heteroatoms. The number of carbonyl (C=O) groups excluding carboxylic acids is 2. The summed E-state index contributed by atoms with van der Waals surface area (Å²) in [7, 11) is 1.65. The Kier molecular flexibility index (Phi) is 3.54. The summed E-state index contributed by atoms with van der Waals surface area (Å²) in [5.41, 5.74) is 5.31. The van der Waals surface area contributed by atoms with Crippen molar-refractivity contribution < 1.29 is 18.7 Å². The van der Waals surface area contributed by atoms with Gasteiger partial charge in [0, 0.05) is 24.7 Å². The van der Waals surface area contributed by atoms with Gasteiger partial charge in [-0.05, 0) is 12.8 Å². The van der Waals surface area contributed by atoms with Crippen molar-refractivity contribution in [3.63, 3.8) is 0 Å². The molecule has 0 atom stereocenters. The molecule has 1 aliphatic heterocycles. The molecule has 22 heavy (non-hydrogen) atoms. The molecular weight excluding hydrogens is 287 g/mol. The number of ether oxygens (including phenoxy) is 1. The molecule has 1 saturated carbocycles. The minimum absolute atomic E-state index is 0.0480. The van der Waals surface area contributed by atoms with Gasteiger partial charge >= 0.3 is 0 Å². The molecule has 1 spiro atoms. The fraction of sp³-hybridized carbons (Fsp3) is 0.500. The lowest BCUT2D eigenvalue weighted by atomic mass is 9.70. The number of anilines is 1. The highest BCUT2D eigenvalue weighted by Crippen LogP contribution is 2.51. The Labute approximate surface area is 128 Å². The first-order valence-electron chi connectivity index (χ1n) is 7.49. The van der Waals surface area contributed by atoms with Gasteiger partial charge in [-0.25, -0.2) is 4.39 Å². The topological polar surface area (TPSA) is 72.6 Å². The number of primary amides is 1. The maximum atomic E-state index is 14.7. The average Bonchev–Trinajstić information content (AvgIpc) is 2.69. The molecule has 0 radical (unpaired) electrons. The van der Waals surface area contributed by atoms with E-state index in [-0.39, 0.29) is 18.3 Å². The Morgan fingerprint density at radius 3 is 2.68 bits per heavy atom. The van der Waals surface area contributed by atoms with Crippen molar-refractivity contribution in [3.05, 3.63) is 23.5 Å². The van der Waals surface area contributed by atoms with E-state index in [1.165, 1.54) is 11.0 Å². The van der Waals surface area contributed by atoms with Crippen molar-refractivity contribution in [2.24, 2.45) is 5.73 Å². The van der Waals surface area contributed by atoms with Crippen LogP contribution >= 0.6 is 0 Å². The second-order valence-corrected chi connectivity index (χ2v) is 6.06. The summed E-state index contributed by atoms with van der Waals surface area (Å²) in [6.07, 6.45) is 4.30. The van der Waals surface area contributed by atoms with Crippen LogP contribution in [0.4, 0.5) is 10.1 Å². The molecule has 118 valence electrons. The highest BCUT2D eigenvalue weighted by molar-refractivity contribution is 6.08. The van der Waals surface area contributed by atoms with Crippen LogP contribution in [-0.2, 0) is 15.0 Å². The minimum atomic E-state index is -0.728. The van der Waals surface area contributed by atoms with E-state index in [9.17, 15) is 14.0 Å². The first-order valence-corrected chi connectivity index (χ1v) is 7.49. The summed E-state index contributed by atoms with van der Waals surface area (Å²) >= 11 is 0. The van der Waals surface area contributed by atoms with E-state index in [1.54, 1.807) is 13.1 Å². The highest BCUT2D eigenvalue weighted by atomic mass is 19.1. The van der Waals surface area contributed by atoms with Gasteiger partial charge in [0.25, 0.3) is 5.91 Å². The first kappa shape index (κ1) is 14.8. The molecule has 1 aromatic rings. The Balaban J connectivity index is 2.04. The van der Waals surface area contributed by atoms with Crippen molar-refractivity contribution in [2.45, 2.75) is 37.5 Å². The van der Waals surface area contributed by atoms with Crippen LogP contribution in [-0.4, -0.2) is 25.5 Å². The van der Waals surface area contributed by atoms with Crippen molar-refractivity contribution in [3.8, 4) is 5.75 Å². The van der Waals surface area contributed by atoms with E-state index in [0.29, 0.717) is 24.1 Å². The molecule has 0 aromatic heterocycles. The third-order valence-corrected chi connectivity index (χ3v) is 4.69. The van der Waals surface area contributed by atoms with Gasteiger partial charge in [0.15, 0.2) is 6.61 Å². The Hall–Kier alpha value is -2.11. The van der Waals surface area contributed by atoms with Crippen LogP contribution in [0.25, 0.3) is 0 Å². The summed E-state index contributed by atoms with van der Waals surface area (Å²) in [5, 5.41) is 0. The van der Waals surface area contributed by atoms with Crippen LogP contribution in [0, 0.1) is 5.82 Å². The lowest BCUT2D eigenvalue weighted by Gasteiger charge is -2.32. The van der Waals surface area contributed by atoms with Crippen LogP contribution in [0.5, 0.6) is 5.75 Å². The molecule has 1 heterocycles. The summed E-state index contributed by atoms with van der Waals surface area (Å²) in [6, 6.07) is 2.85. The molecular formula is C16H19FN2O3. The number of hydrogen-bond acceptors (Lipinski definition) is 3. The van der Waals surface area contributed by atoms with E-state index >= 15 is 0 Å². The van der Waals surface area contributed by atoms with Crippen LogP contribution in [0.3, 0.4) is 0 Å². The zero-order valence-corrected chi connectivity index (χ0v) is 12.5. The van der Waals surface area contributed by atoms with Gasteiger partial charge in [-0.2, -0.15) is 0 Å². The number of halogens is 1. The lowest BCUT2D eigenvalue weighted by Crippen LogP contribution is -2.40. The molecule has 0 saturated heterocycles. The molecule has 2 amide bonds.